The maximum absolute atomic E-state index is 13.6. The Hall–Kier alpha value is -4.46. The number of rotatable bonds is 6. The Labute approximate surface area is 233 Å². The molecule has 0 aromatic heterocycles. The summed E-state index contributed by atoms with van der Waals surface area (Å²) in [6.45, 7) is 10.0. The first-order chi connectivity index (χ1) is 19.0. The fourth-order valence-electron chi connectivity index (χ4n) is 5.05. The number of aliphatic hydroxyl groups is 1. The number of carbonyl (C=O) groups is 2. The van der Waals surface area contributed by atoms with Crippen LogP contribution < -0.4 is 23.8 Å². The molecule has 208 valence electrons. The quantitative estimate of drug-likeness (QED) is 0.227. The summed E-state index contributed by atoms with van der Waals surface area (Å²) in [5.74, 6) is 0.560. The zero-order chi connectivity index (χ0) is 28.8. The summed E-state index contributed by atoms with van der Waals surface area (Å²) in [6, 6.07) is 16.6. The smallest absolute Gasteiger partial charge is 0.300 e. The number of ketones is 1. The van der Waals surface area contributed by atoms with Crippen molar-refractivity contribution in [2.45, 2.75) is 52.2 Å². The third kappa shape index (κ3) is 4.85. The van der Waals surface area contributed by atoms with E-state index < -0.39 is 17.7 Å². The van der Waals surface area contributed by atoms with Gasteiger partial charge in [-0.1, -0.05) is 32.9 Å². The van der Waals surface area contributed by atoms with Crippen molar-refractivity contribution >= 4 is 23.1 Å². The minimum atomic E-state index is -0.895. The summed E-state index contributed by atoms with van der Waals surface area (Å²) >= 11 is 0. The van der Waals surface area contributed by atoms with Crippen LogP contribution in [0.1, 0.15) is 57.4 Å². The highest BCUT2D eigenvalue weighted by Crippen LogP contribution is 2.45. The molecule has 1 saturated heterocycles. The van der Waals surface area contributed by atoms with Crippen LogP contribution in [0.25, 0.3) is 5.76 Å². The van der Waals surface area contributed by atoms with Gasteiger partial charge >= 0.3 is 0 Å². The Kier molecular flexibility index (Phi) is 6.96. The average molecular weight is 544 g/mol. The zero-order valence-corrected chi connectivity index (χ0v) is 23.5. The van der Waals surface area contributed by atoms with Crippen molar-refractivity contribution in [3.05, 3.63) is 82.9 Å². The van der Waals surface area contributed by atoms with Crippen LogP contribution in [0.3, 0.4) is 0 Å². The first-order valence-electron chi connectivity index (χ1n) is 13.2. The number of amides is 1. The van der Waals surface area contributed by atoms with Gasteiger partial charge in [0.05, 0.1) is 24.8 Å². The van der Waals surface area contributed by atoms with Crippen molar-refractivity contribution in [1.82, 2.24) is 0 Å². The maximum Gasteiger partial charge on any atom is 0.300 e. The fraction of sp³-hybridized carbons (Fsp3) is 0.312. The second kappa shape index (κ2) is 10.3. The van der Waals surface area contributed by atoms with E-state index in [0.29, 0.717) is 39.8 Å². The number of benzene rings is 3. The number of fused-ring (bicyclic) bond motifs is 1. The Morgan fingerprint density at radius 2 is 1.68 bits per heavy atom. The van der Waals surface area contributed by atoms with E-state index in [9.17, 15) is 14.7 Å². The predicted octanol–water partition coefficient (Wildman–Crippen LogP) is 6.13. The van der Waals surface area contributed by atoms with Gasteiger partial charge in [-0.2, -0.15) is 0 Å². The normalized spacial score (nSPS) is 18.0. The van der Waals surface area contributed by atoms with Gasteiger partial charge in [-0.05, 0) is 67.3 Å². The molecule has 3 aromatic rings. The van der Waals surface area contributed by atoms with Gasteiger partial charge in [0, 0.05) is 22.9 Å². The van der Waals surface area contributed by atoms with Crippen molar-refractivity contribution in [2.75, 3.05) is 18.8 Å². The van der Waals surface area contributed by atoms with Crippen LogP contribution in [-0.4, -0.2) is 36.8 Å². The molecule has 40 heavy (non-hydrogen) atoms. The van der Waals surface area contributed by atoms with Crippen LogP contribution in [0.2, 0.25) is 0 Å². The highest BCUT2D eigenvalue weighted by Gasteiger charge is 2.47. The summed E-state index contributed by atoms with van der Waals surface area (Å²) in [6.07, 6.45) is -0.0165. The molecule has 0 spiro atoms. The van der Waals surface area contributed by atoms with E-state index in [0.717, 1.165) is 5.56 Å². The Bertz CT molecular complexity index is 1500. The van der Waals surface area contributed by atoms with E-state index in [1.54, 1.807) is 67.8 Å². The van der Waals surface area contributed by atoms with Crippen LogP contribution in [-0.2, 0) is 15.0 Å². The van der Waals surface area contributed by atoms with Gasteiger partial charge in [-0.3, -0.25) is 14.5 Å². The fourth-order valence-corrected chi connectivity index (χ4v) is 5.05. The molecule has 5 rings (SSSR count). The molecule has 0 aliphatic carbocycles. The molecule has 0 saturated carbocycles. The minimum Gasteiger partial charge on any atom is -0.507 e. The van der Waals surface area contributed by atoms with Crippen molar-refractivity contribution < 1.29 is 33.6 Å². The highest BCUT2D eigenvalue weighted by atomic mass is 16.7. The van der Waals surface area contributed by atoms with Crippen molar-refractivity contribution in [1.29, 1.82) is 0 Å². The van der Waals surface area contributed by atoms with E-state index in [1.165, 1.54) is 4.90 Å². The molecule has 8 nitrogen and oxygen atoms in total. The van der Waals surface area contributed by atoms with Crippen LogP contribution in [0.4, 0.5) is 5.69 Å². The largest absolute Gasteiger partial charge is 0.507 e. The van der Waals surface area contributed by atoms with Gasteiger partial charge in [0.2, 0.25) is 6.79 Å². The summed E-state index contributed by atoms with van der Waals surface area (Å²) in [7, 11) is 1.59. The van der Waals surface area contributed by atoms with Gasteiger partial charge in [0.1, 0.15) is 17.3 Å². The SMILES string of the molecule is COc1ccc(/C(O)=C2\C(=O)C(=O)N(c3ccc4c(c3)OCO4)C2c2ccc(OC(C)C)cc2)cc1C(C)(C)C. The van der Waals surface area contributed by atoms with Crippen LogP contribution in [0, 0.1) is 0 Å². The number of hydrogen-bond donors (Lipinski definition) is 1. The molecule has 2 aliphatic rings. The number of methoxy groups -OCH3 is 1. The van der Waals surface area contributed by atoms with Gasteiger partial charge in [0.15, 0.2) is 11.5 Å². The molecule has 3 aromatic carbocycles. The van der Waals surface area contributed by atoms with Crippen molar-refractivity contribution in [3.63, 3.8) is 0 Å². The lowest BCUT2D eigenvalue weighted by Crippen LogP contribution is -2.29. The third-order valence-corrected chi connectivity index (χ3v) is 6.93. The second-order valence-electron chi connectivity index (χ2n) is 11.1. The van der Waals surface area contributed by atoms with Gasteiger partial charge < -0.3 is 24.1 Å². The molecular weight excluding hydrogens is 510 g/mol. The lowest BCUT2D eigenvalue weighted by Gasteiger charge is -2.26. The summed E-state index contributed by atoms with van der Waals surface area (Å²) in [4.78, 5) is 28.6. The number of ether oxygens (including phenoxy) is 4. The van der Waals surface area contributed by atoms with Gasteiger partial charge in [-0.15, -0.1) is 0 Å². The zero-order valence-electron chi connectivity index (χ0n) is 23.5. The molecule has 8 heteroatoms. The molecule has 1 atom stereocenters. The summed E-state index contributed by atoms with van der Waals surface area (Å²) < 4.78 is 22.3. The van der Waals surface area contributed by atoms with Crippen LogP contribution in [0.15, 0.2) is 66.2 Å². The molecule has 1 fully saturated rings. The molecule has 2 aliphatic heterocycles. The van der Waals surface area contributed by atoms with Gasteiger partial charge in [0.25, 0.3) is 11.7 Å². The highest BCUT2D eigenvalue weighted by molar-refractivity contribution is 6.51. The molecule has 1 amide bonds. The molecule has 2 heterocycles. The Balaban J connectivity index is 1.68. The van der Waals surface area contributed by atoms with E-state index in [2.05, 4.69) is 0 Å². The first-order valence-corrected chi connectivity index (χ1v) is 13.2. The van der Waals surface area contributed by atoms with E-state index >= 15 is 0 Å². The number of carbonyl (C=O) groups excluding carboxylic acids is 2. The third-order valence-electron chi connectivity index (χ3n) is 6.93. The lowest BCUT2D eigenvalue weighted by atomic mass is 9.84. The number of aliphatic hydroxyl groups excluding tert-OH is 1. The topological polar surface area (TPSA) is 94.5 Å². The predicted molar refractivity (Wildman–Crippen MR) is 151 cm³/mol. The van der Waals surface area contributed by atoms with E-state index in [-0.39, 0.29) is 29.6 Å². The van der Waals surface area contributed by atoms with Crippen molar-refractivity contribution in [2.24, 2.45) is 0 Å². The number of anilines is 1. The lowest BCUT2D eigenvalue weighted by molar-refractivity contribution is -0.132. The van der Waals surface area contributed by atoms with Gasteiger partial charge in [-0.25, -0.2) is 0 Å². The number of Topliss-reactive ketones (excluding diaryl/α,β-unsaturated/α-hetero) is 1. The monoisotopic (exact) mass is 543 g/mol. The van der Waals surface area contributed by atoms with E-state index in [4.69, 9.17) is 18.9 Å². The average Bonchev–Trinajstić information content (AvgIpc) is 3.49. The first kappa shape index (κ1) is 27.1. The number of nitrogens with zero attached hydrogens (tertiary/aromatic N) is 1. The number of hydrogen-bond acceptors (Lipinski definition) is 7. The molecule has 1 unspecified atom stereocenters. The molecular formula is C32H33NO7. The Morgan fingerprint density at radius 1 is 0.975 bits per heavy atom. The maximum atomic E-state index is 13.6. The standard InChI is InChI=1S/C32H33NO7/c1-18(2)40-22-11-7-19(8-12-22)28-27(29(34)20-9-13-24(37-6)23(15-20)32(3,4)5)30(35)31(36)33(28)21-10-14-25-26(16-21)39-17-38-25/h7-16,18,28,34H,17H2,1-6H3/b29-27+. The van der Waals surface area contributed by atoms with Crippen molar-refractivity contribution in [3.8, 4) is 23.0 Å². The Morgan fingerprint density at radius 3 is 2.33 bits per heavy atom. The molecule has 0 radical (unpaired) electrons. The van der Waals surface area contributed by atoms with Crippen LogP contribution >= 0.6 is 0 Å². The molecule has 0 bridgehead atoms. The summed E-state index contributed by atoms with van der Waals surface area (Å²) in [5, 5.41) is 11.7. The molecule has 1 N–H and O–H groups in total. The second-order valence-corrected chi connectivity index (χ2v) is 11.1. The summed E-state index contributed by atoms with van der Waals surface area (Å²) in [5.41, 5.74) is 2.05. The van der Waals surface area contributed by atoms with E-state index in [1.807, 2.05) is 34.6 Å². The van der Waals surface area contributed by atoms with Crippen LogP contribution in [0.5, 0.6) is 23.0 Å². The minimum absolute atomic E-state index is 0.00905.